The number of para-hydroxylation sites is 1. The van der Waals surface area contributed by atoms with Crippen LogP contribution in [0.3, 0.4) is 0 Å². The molecule has 3 rings (SSSR count). The van der Waals surface area contributed by atoms with E-state index >= 15 is 0 Å². The van der Waals surface area contributed by atoms with Crippen LogP contribution in [0.4, 0.5) is 0 Å². The zero-order valence-electron chi connectivity index (χ0n) is 15.8. The maximum atomic E-state index is 12.8. The van der Waals surface area contributed by atoms with Crippen LogP contribution in [0.1, 0.15) is 24.1 Å². The highest BCUT2D eigenvalue weighted by atomic mass is 32.2. The lowest BCUT2D eigenvalue weighted by molar-refractivity contribution is -0.119. The van der Waals surface area contributed by atoms with Gasteiger partial charge < -0.3 is 10.1 Å². The third kappa shape index (κ3) is 3.91. The van der Waals surface area contributed by atoms with Gasteiger partial charge in [0.15, 0.2) is 0 Å². The summed E-state index contributed by atoms with van der Waals surface area (Å²) in [7, 11) is -1.25. The summed E-state index contributed by atoms with van der Waals surface area (Å²) < 4.78 is 35.0. The van der Waals surface area contributed by atoms with Gasteiger partial charge in [0.2, 0.25) is 0 Å². The number of nitrogens with one attached hydrogen (secondary N) is 1. The van der Waals surface area contributed by atoms with Crippen molar-refractivity contribution in [1.82, 2.24) is 9.62 Å². The van der Waals surface area contributed by atoms with Crippen molar-refractivity contribution in [2.75, 3.05) is 14.2 Å². The molecule has 1 aliphatic rings. The Kier molecular flexibility index (Phi) is 5.51. The van der Waals surface area contributed by atoms with Gasteiger partial charge in [0, 0.05) is 12.6 Å². The van der Waals surface area contributed by atoms with E-state index in [0.29, 0.717) is 11.3 Å². The summed E-state index contributed by atoms with van der Waals surface area (Å²) in [6.07, 6.45) is 1.45. The normalized spacial score (nSPS) is 16.6. The summed E-state index contributed by atoms with van der Waals surface area (Å²) in [6, 6.07) is 16.0. The first-order chi connectivity index (χ1) is 13.3. The standard InChI is InChI=1S/C20H21N3O4S/c1-14(15-9-5-4-6-10-15)21-20(24)18-13-17(22-28(25,26)23(18)2)16-11-7-8-12-19(16)27-3/h4-14H,1-3H3,(H,21,24)/t14-/m1/s1. The van der Waals surface area contributed by atoms with Crippen LogP contribution >= 0.6 is 0 Å². The Balaban J connectivity index is 1.96. The summed E-state index contributed by atoms with van der Waals surface area (Å²) in [6.45, 7) is 1.83. The molecule has 2 aromatic carbocycles. The average Bonchev–Trinajstić information content (AvgIpc) is 2.70. The van der Waals surface area contributed by atoms with E-state index in [-0.39, 0.29) is 17.5 Å². The molecular formula is C20H21N3O4S. The number of carbonyl (C=O) groups excluding carboxylic acids is 1. The predicted molar refractivity (Wildman–Crippen MR) is 107 cm³/mol. The van der Waals surface area contributed by atoms with E-state index in [9.17, 15) is 13.2 Å². The number of benzene rings is 2. The van der Waals surface area contributed by atoms with Crippen LogP contribution in [0.25, 0.3) is 0 Å². The maximum Gasteiger partial charge on any atom is 0.345 e. The molecule has 0 aromatic heterocycles. The fraction of sp³-hybridized carbons (Fsp3) is 0.200. The second kappa shape index (κ2) is 7.85. The third-order valence-corrected chi connectivity index (χ3v) is 5.75. The molecule has 28 heavy (non-hydrogen) atoms. The van der Waals surface area contributed by atoms with Crippen molar-refractivity contribution in [2.45, 2.75) is 13.0 Å². The zero-order valence-corrected chi connectivity index (χ0v) is 16.6. The van der Waals surface area contributed by atoms with E-state index in [0.717, 1.165) is 9.87 Å². The Morgan fingerprint density at radius 3 is 2.43 bits per heavy atom. The van der Waals surface area contributed by atoms with E-state index in [2.05, 4.69) is 9.71 Å². The first-order valence-corrected chi connectivity index (χ1v) is 10.0. The van der Waals surface area contributed by atoms with Crippen molar-refractivity contribution in [1.29, 1.82) is 0 Å². The van der Waals surface area contributed by atoms with Crippen LogP contribution < -0.4 is 10.1 Å². The number of hydrogen-bond acceptors (Lipinski definition) is 4. The summed E-state index contributed by atoms with van der Waals surface area (Å²) in [4.78, 5) is 12.8. The maximum absolute atomic E-state index is 12.8. The number of likely N-dealkylation sites (N-methyl/N-ethyl adjacent to an activating group) is 1. The van der Waals surface area contributed by atoms with Crippen LogP contribution in [0.15, 0.2) is 70.8 Å². The highest BCUT2D eigenvalue weighted by Crippen LogP contribution is 2.25. The fourth-order valence-electron chi connectivity index (χ4n) is 2.84. The summed E-state index contributed by atoms with van der Waals surface area (Å²) in [5.41, 5.74) is 1.53. The first-order valence-electron chi connectivity index (χ1n) is 8.63. The van der Waals surface area contributed by atoms with Gasteiger partial charge in [-0.1, -0.05) is 42.5 Å². The number of amides is 1. The number of nitrogens with zero attached hydrogens (tertiary/aromatic N) is 2. The van der Waals surface area contributed by atoms with E-state index in [1.54, 1.807) is 24.3 Å². The molecule has 0 radical (unpaired) electrons. The number of hydrogen-bond donors (Lipinski definition) is 1. The van der Waals surface area contributed by atoms with Gasteiger partial charge in [0.1, 0.15) is 11.4 Å². The number of allylic oxidation sites excluding steroid dienone is 1. The molecule has 1 atom stereocenters. The second-order valence-electron chi connectivity index (χ2n) is 6.26. The van der Waals surface area contributed by atoms with E-state index < -0.39 is 16.1 Å². The minimum Gasteiger partial charge on any atom is -0.496 e. The molecule has 1 N–H and O–H groups in total. The summed E-state index contributed by atoms with van der Waals surface area (Å²) in [5, 5.41) is 2.84. The molecule has 2 aromatic rings. The van der Waals surface area contributed by atoms with Crippen LogP contribution in [0.2, 0.25) is 0 Å². The molecule has 0 saturated heterocycles. The molecule has 0 saturated carbocycles. The Morgan fingerprint density at radius 2 is 1.75 bits per heavy atom. The molecule has 0 aliphatic carbocycles. The summed E-state index contributed by atoms with van der Waals surface area (Å²) >= 11 is 0. The monoisotopic (exact) mass is 399 g/mol. The quantitative estimate of drug-likeness (QED) is 0.836. The molecular weight excluding hydrogens is 378 g/mol. The predicted octanol–water partition coefficient (Wildman–Crippen LogP) is 2.44. The van der Waals surface area contributed by atoms with E-state index in [1.165, 1.54) is 20.2 Å². The molecule has 7 nitrogen and oxygen atoms in total. The Morgan fingerprint density at radius 1 is 1.11 bits per heavy atom. The number of ether oxygens (including phenoxy) is 1. The minimum absolute atomic E-state index is 0.0151. The van der Waals surface area contributed by atoms with Crippen molar-refractivity contribution in [3.8, 4) is 5.75 Å². The second-order valence-corrected chi connectivity index (χ2v) is 7.88. The molecule has 0 fully saturated rings. The molecule has 0 spiro atoms. The molecule has 146 valence electrons. The van der Waals surface area contributed by atoms with Gasteiger partial charge in [-0.2, -0.15) is 8.42 Å². The highest BCUT2D eigenvalue weighted by molar-refractivity contribution is 7.88. The van der Waals surface area contributed by atoms with E-state index in [1.807, 2.05) is 37.3 Å². The minimum atomic E-state index is -4.04. The number of rotatable bonds is 5. The van der Waals surface area contributed by atoms with Crippen LogP contribution in [-0.4, -0.2) is 38.5 Å². The molecule has 8 heteroatoms. The lowest BCUT2D eigenvalue weighted by Crippen LogP contribution is -2.39. The first kappa shape index (κ1) is 19.6. The van der Waals surface area contributed by atoms with Gasteiger partial charge in [0.05, 0.1) is 18.9 Å². The Labute approximate surface area is 164 Å². The largest absolute Gasteiger partial charge is 0.496 e. The van der Waals surface area contributed by atoms with Crippen LogP contribution in [0, 0.1) is 0 Å². The molecule has 1 aliphatic heterocycles. The zero-order chi connectivity index (χ0) is 20.3. The van der Waals surface area contributed by atoms with Crippen molar-refractivity contribution >= 4 is 21.8 Å². The van der Waals surface area contributed by atoms with Crippen molar-refractivity contribution in [2.24, 2.45) is 4.40 Å². The molecule has 1 amide bonds. The van der Waals surface area contributed by atoms with Gasteiger partial charge in [-0.15, -0.1) is 4.40 Å². The highest BCUT2D eigenvalue weighted by Gasteiger charge is 2.31. The average molecular weight is 399 g/mol. The van der Waals surface area contributed by atoms with Crippen LogP contribution in [0.5, 0.6) is 5.75 Å². The van der Waals surface area contributed by atoms with Crippen molar-refractivity contribution in [3.63, 3.8) is 0 Å². The van der Waals surface area contributed by atoms with E-state index in [4.69, 9.17) is 4.74 Å². The SMILES string of the molecule is COc1ccccc1C1=NS(=O)(=O)N(C)C(C(=O)N[C@H](C)c2ccccc2)=C1. The van der Waals surface area contributed by atoms with Crippen molar-refractivity contribution < 1.29 is 17.9 Å². The number of methoxy groups -OCH3 is 1. The third-order valence-electron chi connectivity index (χ3n) is 4.44. The van der Waals surface area contributed by atoms with Crippen LogP contribution in [-0.2, 0) is 15.0 Å². The number of carbonyl (C=O) groups is 1. The van der Waals surface area contributed by atoms with Gasteiger partial charge in [-0.25, -0.2) is 4.31 Å². The van der Waals surface area contributed by atoms with Gasteiger partial charge in [0.25, 0.3) is 5.91 Å². The van der Waals surface area contributed by atoms with Gasteiger partial charge in [-0.3, -0.25) is 4.79 Å². The lowest BCUT2D eigenvalue weighted by Gasteiger charge is -2.25. The topological polar surface area (TPSA) is 88.1 Å². The summed E-state index contributed by atoms with van der Waals surface area (Å²) in [5.74, 6) is -0.0422. The van der Waals surface area contributed by atoms with Crippen molar-refractivity contribution in [3.05, 3.63) is 77.5 Å². The molecule has 0 unspecified atom stereocenters. The smallest absolute Gasteiger partial charge is 0.345 e. The lowest BCUT2D eigenvalue weighted by atomic mass is 10.1. The van der Waals surface area contributed by atoms with Gasteiger partial charge in [-0.05, 0) is 30.7 Å². The Hall–Kier alpha value is -3.13. The Bertz CT molecular complexity index is 1050. The fourth-order valence-corrected chi connectivity index (χ4v) is 3.75. The van der Waals surface area contributed by atoms with Gasteiger partial charge >= 0.3 is 10.2 Å². The molecule has 1 heterocycles. The molecule has 0 bridgehead atoms.